The summed E-state index contributed by atoms with van der Waals surface area (Å²) in [6.45, 7) is 2.09. The Morgan fingerprint density at radius 3 is 2.93 bits per heavy atom. The Morgan fingerprint density at radius 2 is 2.20 bits per heavy atom. The third-order valence-electron chi connectivity index (χ3n) is 2.27. The van der Waals surface area contributed by atoms with Crippen LogP contribution in [0.1, 0.15) is 18.3 Å². The Kier molecular flexibility index (Phi) is 3.16. The number of hydrogen-bond acceptors (Lipinski definition) is 2. The van der Waals surface area contributed by atoms with Crippen molar-refractivity contribution in [3.63, 3.8) is 0 Å². The molecule has 0 fully saturated rings. The Hall–Kier alpha value is -1.16. The largest absolute Gasteiger partial charge is 0.288 e. The molecule has 2 aromatic rings. The summed E-state index contributed by atoms with van der Waals surface area (Å²) in [5.41, 5.74) is 1.17. The highest BCUT2D eigenvalue weighted by Gasteiger charge is 2.07. The molecule has 0 amide bonds. The second kappa shape index (κ2) is 4.57. The number of aromatic nitrogens is 3. The molecule has 0 aliphatic carbocycles. The van der Waals surface area contributed by atoms with Crippen LogP contribution in [-0.2, 0) is 11.8 Å². The van der Waals surface area contributed by atoms with Crippen molar-refractivity contribution in [2.75, 3.05) is 0 Å². The van der Waals surface area contributed by atoms with E-state index in [1.807, 2.05) is 23.0 Å². The smallest absolute Gasteiger partial charge is 0.142 e. The normalized spacial score (nSPS) is 10.5. The van der Waals surface area contributed by atoms with Crippen molar-refractivity contribution in [3.05, 3.63) is 42.1 Å². The average molecular weight is 266 g/mol. The van der Waals surface area contributed by atoms with Gasteiger partial charge < -0.3 is 0 Å². The van der Waals surface area contributed by atoms with Crippen LogP contribution in [0.4, 0.5) is 0 Å². The topological polar surface area (TPSA) is 30.7 Å². The summed E-state index contributed by atoms with van der Waals surface area (Å²) < 4.78 is 2.04. The van der Waals surface area contributed by atoms with E-state index in [1.165, 1.54) is 5.56 Å². The van der Waals surface area contributed by atoms with Crippen molar-refractivity contribution in [1.82, 2.24) is 14.5 Å². The van der Waals surface area contributed by atoms with Crippen LogP contribution < -0.4 is 0 Å². The number of aryl methyl sites for hydroxylation is 1. The summed E-state index contributed by atoms with van der Waals surface area (Å²) in [6.07, 6.45) is 6.48. The van der Waals surface area contributed by atoms with Crippen LogP contribution in [0.25, 0.3) is 5.82 Å². The van der Waals surface area contributed by atoms with E-state index in [0.717, 1.165) is 23.4 Å². The van der Waals surface area contributed by atoms with E-state index < -0.39 is 0 Å². The monoisotopic (exact) mass is 265 g/mol. The second-order valence-electron chi connectivity index (χ2n) is 3.19. The van der Waals surface area contributed by atoms with Crippen LogP contribution >= 0.6 is 15.9 Å². The Balaban J connectivity index is 2.53. The molecule has 3 nitrogen and oxygen atoms in total. The van der Waals surface area contributed by atoms with Crippen molar-refractivity contribution in [3.8, 4) is 5.82 Å². The van der Waals surface area contributed by atoms with Crippen LogP contribution in [0.2, 0.25) is 0 Å². The number of pyridine rings is 1. The zero-order valence-electron chi connectivity index (χ0n) is 8.52. The molecule has 0 atom stereocenters. The van der Waals surface area contributed by atoms with Gasteiger partial charge in [-0.2, -0.15) is 0 Å². The predicted molar refractivity (Wildman–Crippen MR) is 63.4 cm³/mol. The SMILES string of the molecule is CCc1nccn1-c1ncccc1CBr. The molecule has 0 aromatic carbocycles. The number of halogens is 1. The zero-order chi connectivity index (χ0) is 10.7. The highest BCUT2D eigenvalue weighted by atomic mass is 79.9. The number of nitrogens with zero attached hydrogens (tertiary/aromatic N) is 3. The first-order valence-electron chi connectivity index (χ1n) is 4.89. The molecule has 0 spiro atoms. The minimum absolute atomic E-state index is 0.803. The minimum Gasteiger partial charge on any atom is -0.288 e. The summed E-state index contributed by atoms with van der Waals surface area (Å²) >= 11 is 3.47. The van der Waals surface area contributed by atoms with E-state index in [2.05, 4.69) is 38.9 Å². The molecular weight excluding hydrogens is 254 g/mol. The van der Waals surface area contributed by atoms with Gasteiger partial charge in [-0.15, -0.1) is 0 Å². The molecule has 0 bridgehead atoms. The lowest BCUT2D eigenvalue weighted by atomic mass is 10.3. The first kappa shape index (κ1) is 10.4. The van der Waals surface area contributed by atoms with E-state index in [0.29, 0.717) is 0 Å². The maximum atomic E-state index is 4.39. The number of rotatable bonds is 3. The van der Waals surface area contributed by atoms with Crippen LogP contribution in [0.3, 0.4) is 0 Å². The third kappa shape index (κ3) is 1.95. The van der Waals surface area contributed by atoms with E-state index in [-0.39, 0.29) is 0 Å². The second-order valence-corrected chi connectivity index (χ2v) is 3.75. The van der Waals surface area contributed by atoms with Gasteiger partial charge in [0.05, 0.1) is 0 Å². The molecule has 0 saturated heterocycles. The van der Waals surface area contributed by atoms with E-state index >= 15 is 0 Å². The lowest BCUT2D eigenvalue weighted by molar-refractivity contribution is 0.859. The first-order valence-corrected chi connectivity index (χ1v) is 6.01. The molecule has 0 N–H and O–H groups in total. The summed E-state index contributed by atoms with van der Waals surface area (Å²) in [6, 6.07) is 4.01. The molecule has 0 aliphatic heterocycles. The van der Waals surface area contributed by atoms with Crippen LogP contribution in [0, 0.1) is 0 Å². The van der Waals surface area contributed by atoms with E-state index in [9.17, 15) is 0 Å². The number of alkyl halides is 1. The molecule has 0 unspecified atom stereocenters. The van der Waals surface area contributed by atoms with Crippen molar-refractivity contribution in [2.24, 2.45) is 0 Å². The Morgan fingerprint density at radius 1 is 1.33 bits per heavy atom. The average Bonchev–Trinajstić information content (AvgIpc) is 2.76. The molecule has 15 heavy (non-hydrogen) atoms. The van der Waals surface area contributed by atoms with Gasteiger partial charge in [0.2, 0.25) is 0 Å². The van der Waals surface area contributed by atoms with Gasteiger partial charge in [-0.25, -0.2) is 9.97 Å². The molecule has 2 rings (SSSR count). The van der Waals surface area contributed by atoms with Crippen molar-refractivity contribution in [1.29, 1.82) is 0 Å². The van der Waals surface area contributed by atoms with Gasteiger partial charge in [-0.05, 0) is 6.07 Å². The summed E-state index contributed by atoms with van der Waals surface area (Å²) in [7, 11) is 0. The highest BCUT2D eigenvalue weighted by Crippen LogP contribution is 2.16. The number of hydrogen-bond donors (Lipinski definition) is 0. The van der Waals surface area contributed by atoms with Crippen molar-refractivity contribution >= 4 is 15.9 Å². The number of imidazole rings is 1. The Bertz CT molecular complexity index is 451. The quantitative estimate of drug-likeness (QED) is 0.800. The molecule has 0 radical (unpaired) electrons. The maximum absolute atomic E-state index is 4.39. The van der Waals surface area contributed by atoms with Crippen molar-refractivity contribution in [2.45, 2.75) is 18.7 Å². The molecule has 2 heterocycles. The Labute approximate surface area is 97.3 Å². The lowest BCUT2D eigenvalue weighted by Crippen LogP contribution is -2.04. The summed E-state index contributed by atoms with van der Waals surface area (Å²) in [5.74, 6) is 2.00. The highest BCUT2D eigenvalue weighted by molar-refractivity contribution is 9.08. The zero-order valence-corrected chi connectivity index (χ0v) is 10.1. The van der Waals surface area contributed by atoms with Gasteiger partial charge in [0.15, 0.2) is 0 Å². The van der Waals surface area contributed by atoms with E-state index in [4.69, 9.17) is 0 Å². The standard InChI is InChI=1S/C11H12BrN3/c1-2-10-13-6-7-15(10)11-9(8-12)4-3-5-14-11/h3-7H,2,8H2,1H3. The van der Waals surface area contributed by atoms with Gasteiger partial charge in [-0.1, -0.05) is 28.9 Å². The lowest BCUT2D eigenvalue weighted by Gasteiger charge is -2.08. The van der Waals surface area contributed by atoms with Gasteiger partial charge in [0, 0.05) is 35.9 Å². The first-order chi connectivity index (χ1) is 7.36. The third-order valence-corrected chi connectivity index (χ3v) is 2.88. The van der Waals surface area contributed by atoms with Crippen LogP contribution in [-0.4, -0.2) is 14.5 Å². The van der Waals surface area contributed by atoms with Gasteiger partial charge in [0.25, 0.3) is 0 Å². The van der Waals surface area contributed by atoms with Gasteiger partial charge >= 0.3 is 0 Å². The molecule has 0 saturated carbocycles. The fraction of sp³-hybridized carbons (Fsp3) is 0.273. The van der Waals surface area contributed by atoms with Crippen LogP contribution in [0.5, 0.6) is 0 Å². The fourth-order valence-electron chi connectivity index (χ4n) is 1.54. The van der Waals surface area contributed by atoms with Gasteiger partial charge in [-0.3, -0.25) is 4.57 Å². The molecular formula is C11H12BrN3. The van der Waals surface area contributed by atoms with Gasteiger partial charge in [0.1, 0.15) is 11.6 Å². The molecule has 2 aromatic heterocycles. The molecule has 78 valence electrons. The molecule has 4 heteroatoms. The summed E-state index contributed by atoms with van der Waals surface area (Å²) in [4.78, 5) is 8.69. The van der Waals surface area contributed by atoms with Crippen molar-refractivity contribution < 1.29 is 0 Å². The maximum Gasteiger partial charge on any atom is 0.142 e. The molecule has 0 aliphatic rings. The predicted octanol–water partition coefficient (Wildman–Crippen LogP) is 2.72. The summed E-state index contributed by atoms with van der Waals surface area (Å²) in [5, 5.41) is 0.803. The van der Waals surface area contributed by atoms with Crippen LogP contribution in [0.15, 0.2) is 30.7 Å². The fourth-order valence-corrected chi connectivity index (χ4v) is 1.98. The van der Waals surface area contributed by atoms with E-state index in [1.54, 1.807) is 6.20 Å². The minimum atomic E-state index is 0.803.